The van der Waals surface area contributed by atoms with E-state index < -0.39 is 5.60 Å². The first-order valence-electron chi connectivity index (χ1n) is 10.3. The van der Waals surface area contributed by atoms with Crippen molar-refractivity contribution in [1.29, 1.82) is 0 Å². The highest BCUT2D eigenvalue weighted by atomic mass is 16.7. The van der Waals surface area contributed by atoms with Gasteiger partial charge >= 0.3 is 6.09 Å². The molecule has 2 aliphatic heterocycles. The zero-order valence-corrected chi connectivity index (χ0v) is 17.8. The smallest absolute Gasteiger partial charge is 0.410 e. The number of hydrogen-bond donors (Lipinski definition) is 0. The van der Waals surface area contributed by atoms with Crippen molar-refractivity contribution < 1.29 is 23.7 Å². The number of carbonyl (C=O) groups is 1. The van der Waals surface area contributed by atoms with Crippen LogP contribution in [-0.4, -0.2) is 53.5 Å². The maximum atomic E-state index is 12.2. The summed E-state index contributed by atoms with van der Waals surface area (Å²) in [7, 11) is 0. The fraction of sp³-hybridized carbons (Fsp3) is 0.478. The number of nitrogens with zero attached hydrogens (tertiary/aromatic N) is 2. The van der Waals surface area contributed by atoms with Crippen LogP contribution >= 0.6 is 0 Å². The minimum atomic E-state index is -0.512. The Kier molecular flexibility index (Phi) is 5.66. The van der Waals surface area contributed by atoms with E-state index in [0.29, 0.717) is 25.6 Å². The molecule has 2 atom stereocenters. The summed E-state index contributed by atoms with van der Waals surface area (Å²) in [5.74, 6) is 0.534. The van der Waals surface area contributed by atoms with Crippen LogP contribution in [0.3, 0.4) is 0 Å². The monoisotopic (exact) mass is 412 g/mol. The third-order valence-corrected chi connectivity index (χ3v) is 5.11. The summed E-state index contributed by atoms with van der Waals surface area (Å²) in [6.45, 7) is 9.23. The lowest BCUT2D eigenvalue weighted by molar-refractivity contribution is -0.0548. The summed E-state index contributed by atoms with van der Waals surface area (Å²) in [6.07, 6.45) is -0.754. The molecule has 0 bridgehead atoms. The van der Waals surface area contributed by atoms with Crippen LogP contribution in [0.15, 0.2) is 42.5 Å². The molecule has 7 nitrogen and oxygen atoms in total. The highest BCUT2D eigenvalue weighted by Crippen LogP contribution is 2.29. The topological polar surface area (TPSA) is 70.1 Å². The normalized spacial score (nSPS) is 21.9. The maximum Gasteiger partial charge on any atom is 0.410 e. The van der Waals surface area contributed by atoms with Gasteiger partial charge in [-0.3, -0.25) is 4.90 Å². The molecule has 0 N–H and O–H groups in total. The fourth-order valence-electron chi connectivity index (χ4n) is 3.46. The summed E-state index contributed by atoms with van der Waals surface area (Å²) in [6, 6.07) is 13.6. The van der Waals surface area contributed by atoms with E-state index in [2.05, 4.69) is 4.98 Å². The Hall–Kier alpha value is -2.64. The molecule has 2 aromatic rings. The summed E-state index contributed by atoms with van der Waals surface area (Å²) in [5, 5.41) is 0. The molecule has 0 aliphatic carbocycles. The number of likely N-dealkylation sites (tertiary alicyclic amines) is 1. The lowest BCUT2D eigenvalue weighted by Gasteiger charge is -2.45. The van der Waals surface area contributed by atoms with Crippen LogP contribution in [0.2, 0.25) is 0 Å². The molecule has 1 aromatic heterocycles. The van der Waals surface area contributed by atoms with Crippen molar-refractivity contribution in [1.82, 2.24) is 9.88 Å². The van der Waals surface area contributed by atoms with Crippen LogP contribution in [0.25, 0.3) is 11.3 Å². The van der Waals surface area contributed by atoms with Crippen LogP contribution in [0, 0.1) is 0 Å². The molecule has 2 unspecified atom stereocenters. The van der Waals surface area contributed by atoms with E-state index in [1.54, 1.807) is 4.90 Å². The Balaban J connectivity index is 1.41. The van der Waals surface area contributed by atoms with Crippen LogP contribution in [0.4, 0.5) is 4.79 Å². The second-order valence-corrected chi connectivity index (χ2v) is 8.59. The Labute approximate surface area is 176 Å². The van der Waals surface area contributed by atoms with Gasteiger partial charge in [-0.25, -0.2) is 9.78 Å². The van der Waals surface area contributed by atoms with Gasteiger partial charge in [0.25, 0.3) is 0 Å². The third kappa shape index (κ3) is 4.57. The molecule has 2 fully saturated rings. The van der Waals surface area contributed by atoms with Gasteiger partial charge in [-0.05, 0) is 39.8 Å². The Morgan fingerprint density at radius 2 is 1.87 bits per heavy atom. The van der Waals surface area contributed by atoms with E-state index in [-0.39, 0.29) is 24.5 Å². The Morgan fingerprint density at radius 3 is 2.57 bits per heavy atom. The zero-order valence-electron chi connectivity index (χ0n) is 17.8. The second-order valence-electron chi connectivity index (χ2n) is 8.59. The first-order valence-corrected chi connectivity index (χ1v) is 10.3. The summed E-state index contributed by atoms with van der Waals surface area (Å²) in [4.78, 5) is 18.6. The average molecular weight is 412 g/mol. The SMILES string of the molecule is CC1C(Oc2cccc(-c3cccc(C4OCCO4)c3)n2)CN1C(=O)OC(C)(C)C. The fourth-order valence-corrected chi connectivity index (χ4v) is 3.46. The molecule has 1 aromatic carbocycles. The molecule has 3 heterocycles. The minimum Gasteiger partial charge on any atom is -0.470 e. The average Bonchev–Trinajstić information content (AvgIpc) is 3.24. The number of ether oxygens (including phenoxy) is 4. The molecule has 0 spiro atoms. The van der Waals surface area contributed by atoms with Crippen molar-refractivity contribution in [2.24, 2.45) is 0 Å². The van der Waals surface area contributed by atoms with E-state index in [1.165, 1.54) is 0 Å². The highest BCUT2D eigenvalue weighted by molar-refractivity contribution is 5.70. The number of hydrogen-bond acceptors (Lipinski definition) is 6. The van der Waals surface area contributed by atoms with Crippen molar-refractivity contribution in [2.75, 3.05) is 19.8 Å². The quantitative estimate of drug-likeness (QED) is 0.750. The minimum absolute atomic E-state index is 0.0784. The van der Waals surface area contributed by atoms with Gasteiger partial charge in [0.2, 0.25) is 5.88 Å². The van der Waals surface area contributed by atoms with E-state index in [1.807, 2.05) is 70.2 Å². The summed E-state index contributed by atoms with van der Waals surface area (Å²) in [5.41, 5.74) is 2.23. The van der Waals surface area contributed by atoms with Gasteiger partial charge in [0.1, 0.15) is 11.7 Å². The Morgan fingerprint density at radius 1 is 1.13 bits per heavy atom. The molecular formula is C23H28N2O5. The van der Waals surface area contributed by atoms with E-state index >= 15 is 0 Å². The van der Waals surface area contributed by atoms with Crippen molar-refractivity contribution in [2.45, 2.75) is 51.7 Å². The predicted molar refractivity (Wildman–Crippen MR) is 111 cm³/mol. The lowest BCUT2D eigenvalue weighted by Crippen LogP contribution is -2.63. The Bertz CT molecular complexity index is 904. The standard InChI is InChI=1S/C23H28N2O5/c1-15-19(14-25(15)22(26)30-23(2,3)4)29-20-10-6-9-18(24-20)16-7-5-8-17(13-16)21-27-11-12-28-21/h5-10,13,15,19,21H,11-12,14H2,1-4H3. The number of rotatable bonds is 4. The lowest BCUT2D eigenvalue weighted by atomic mass is 10.0. The third-order valence-electron chi connectivity index (χ3n) is 5.11. The second kappa shape index (κ2) is 8.24. The maximum absolute atomic E-state index is 12.2. The van der Waals surface area contributed by atoms with Gasteiger partial charge in [-0.15, -0.1) is 0 Å². The number of pyridine rings is 1. The van der Waals surface area contributed by atoms with Crippen molar-refractivity contribution in [3.8, 4) is 17.1 Å². The van der Waals surface area contributed by atoms with E-state index in [9.17, 15) is 4.79 Å². The number of benzene rings is 1. The van der Waals surface area contributed by atoms with E-state index in [0.717, 1.165) is 16.8 Å². The van der Waals surface area contributed by atoms with Crippen molar-refractivity contribution >= 4 is 6.09 Å². The van der Waals surface area contributed by atoms with Crippen LogP contribution < -0.4 is 4.74 Å². The van der Waals surface area contributed by atoms with Gasteiger partial charge in [-0.2, -0.15) is 0 Å². The molecule has 0 radical (unpaired) electrons. The van der Waals surface area contributed by atoms with Gasteiger partial charge < -0.3 is 18.9 Å². The molecule has 2 saturated heterocycles. The van der Waals surface area contributed by atoms with Gasteiger partial charge in [0, 0.05) is 17.2 Å². The molecule has 30 heavy (non-hydrogen) atoms. The summed E-state index contributed by atoms with van der Waals surface area (Å²) >= 11 is 0. The molecule has 0 saturated carbocycles. The molecule has 1 amide bonds. The molecule has 2 aliphatic rings. The van der Waals surface area contributed by atoms with Gasteiger partial charge in [0.05, 0.1) is 31.5 Å². The highest BCUT2D eigenvalue weighted by Gasteiger charge is 2.42. The molecule has 7 heteroatoms. The van der Waals surface area contributed by atoms with E-state index in [4.69, 9.17) is 18.9 Å². The number of aromatic nitrogens is 1. The first-order chi connectivity index (χ1) is 14.3. The first kappa shape index (κ1) is 20.6. The molecule has 4 rings (SSSR count). The van der Waals surface area contributed by atoms with Crippen LogP contribution in [0.1, 0.15) is 39.5 Å². The van der Waals surface area contributed by atoms with Gasteiger partial charge in [-0.1, -0.05) is 24.3 Å². The number of amides is 1. The van der Waals surface area contributed by atoms with Gasteiger partial charge in [0.15, 0.2) is 6.29 Å². The van der Waals surface area contributed by atoms with Crippen molar-refractivity contribution in [3.05, 3.63) is 48.0 Å². The largest absolute Gasteiger partial charge is 0.470 e. The summed E-state index contributed by atoms with van der Waals surface area (Å²) < 4.78 is 22.7. The van der Waals surface area contributed by atoms with Crippen LogP contribution in [0.5, 0.6) is 5.88 Å². The number of carbonyl (C=O) groups excluding carboxylic acids is 1. The van der Waals surface area contributed by atoms with Crippen LogP contribution in [-0.2, 0) is 14.2 Å². The molecule has 160 valence electrons. The zero-order chi connectivity index (χ0) is 21.3. The predicted octanol–water partition coefficient (Wildman–Crippen LogP) is 4.18. The van der Waals surface area contributed by atoms with Crippen molar-refractivity contribution in [3.63, 3.8) is 0 Å². The molecular weight excluding hydrogens is 384 g/mol.